The van der Waals surface area contributed by atoms with E-state index in [1.165, 1.54) is 6.92 Å². The molecule has 0 radical (unpaired) electrons. The number of nitrogens with two attached hydrogens (primary N) is 1. The van der Waals surface area contributed by atoms with Gasteiger partial charge in [-0.15, -0.1) is 0 Å². The van der Waals surface area contributed by atoms with Crippen LogP contribution in [-0.2, 0) is 4.79 Å². The van der Waals surface area contributed by atoms with Crippen molar-refractivity contribution in [3.05, 3.63) is 0 Å². The smallest absolute Gasteiger partial charge is 0.284 e. The number of thioether (sulfide) groups is 1. The first-order chi connectivity index (χ1) is 6.99. The summed E-state index contributed by atoms with van der Waals surface area (Å²) in [6.45, 7) is 3.51. The predicted molar refractivity (Wildman–Crippen MR) is 58.2 cm³/mol. The molecular formula is C9H16N2O3S. The van der Waals surface area contributed by atoms with E-state index in [1.54, 1.807) is 0 Å². The fourth-order valence-corrected chi connectivity index (χ4v) is 2.81. The molecule has 1 fully saturated rings. The number of carbonyl (C=O) groups is 2. The number of hydrogen-bond acceptors (Lipinski definition) is 4. The Balaban J connectivity index is 2.74. The molecule has 1 aliphatic rings. The van der Waals surface area contributed by atoms with Gasteiger partial charge in [0.1, 0.15) is 12.3 Å². The molecule has 0 aromatic heterocycles. The highest BCUT2D eigenvalue weighted by Crippen LogP contribution is 2.34. The number of amides is 2. The van der Waals surface area contributed by atoms with E-state index in [9.17, 15) is 14.7 Å². The lowest BCUT2D eigenvalue weighted by Gasteiger charge is -2.26. The summed E-state index contributed by atoms with van der Waals surface area (Å²) in [4.78, 5) is 23.6. The number of aliphatic hydroxyl groups is 1. The first kappa shape index (κ1) is 12.3. The van der Waals surface area contributed by atoms with Gasteiger partial charge in [0.2, 0.25) is 5.91 Å². The highest BCUT2D eigenvalue weighted by molar-refractivity contribution is 8.14. The van der Waals surface area contributed by atoms with Crippen LogP contribution >= 0.6 is 11.8 Å². The monoisotopic (exact) mass is 232 g/mol. The summed E-state index contributed by atoms with van der Waals surface area (Å²) in [5.41, 5.74) is 5.11. The van der Waals surface area contributed by atoms with Crippen molar-refractivity contribution in [2.75, 3.05) is 0 Å². The summed E-state index contributed by atoms with van der Waals surface area (Å²) in [5, 5.41) is 9.43. The fraction of sp³-hybridized carbons (Fsp3) is 0.778. The normalized spacial score (nSPS) is 28.2. The van der Waals surface area contributed by atoms with Crippen LogP contribution in [0.5, 0.6) is 0 Å². The Kier molecular flexibility index (Phi) is 3.98. The minimum atomic E-state index is -0.898. The van der Waals surface area contributed by atoms with Gasteiger partial charge in [0.15, 0.2) is 0 Å². The SMILES string of the molecule is CCCC1SC(=O)N(C(C)C(N)=O)C1O. The van der Waals surface area contributed by atoms with Crippen LogP contribution < -0.4 is 5.73 Å². The third-order valence-electron chi connectivity index (χ3n) is 2.48. The minimum absolute atomic E-state index is 0.149. The van der Waals surface area contributed by atoms with Crippen LogP contribution in [0.15, 0.2) is 0 Å². The number of nitrogens with zero attached hydrogens (tertiary/aromatic N) is 1. The Bertz CT molecular complexity index is 272. The van der Waals surface area contributed by atoms with Crippen molar-refractivity contribution >= 4 is 22.9 Å². The number of carbonyl (C=O) groups excluding carboxylic acids is 2. The molecule has 5 nitrogen and oxygen atoms in total. The molecule has 1 aliphatic heterocycles. The van der Waals surface area contributed by atoms with Crippen molar-refractivity contribution in [1.29, 1.82) is 0 Å². The van der Waals surface area contributed by atoms with E-state index in [2.05, 4.69) is 0 Å². The van der Waals surface area contributed by atoms with Gasteiger partial charge >= 0.3 is 0 Å². The van der Waals surface area contributed by atoms with Gasteiger partial charge < -0.3 is 10.8 Å². The molecule has 3 atom stereocenters. The lowest BCUT2D eigenvalue weighted by atomic mass is 10.2. The molecule has 0 aromatic carbocycles. The molecule has 1 heterocycles. The van der Waals surface area contributed by atoms with Crippen LogP contribution in [0, 0.1) is 0 Å². The molecule has 1 saturated heterocycles. The molecule has 0 saturated carbocycles. The van der Waals surface area contributed by atoms with Gasteiger partial charge in [0.25, 0.3) is 5.24 Å². The Hall–Kier alpha value is -0.750. The molecular weight excluding hydrogens is 216 g/mol. The maximum absolute atomic E-state index is 11.5. The maximum atomic E-state index is 11.5. The van der Waals surface area contributed by atoms with E-state index in [-0.39, 0.29) is 10.5 Å². The van der Waals surface area contributed by atoms with E-state index >= 15 is 0 Å². The number of rotatable bonds is 4. The average molecular weight is 232 g/mol. The van der Waals surface area contributed by atoms with Gasteiger partial charge in [-0.3, -0.25) is 14.5 Å². The van der Waals surface area contributed by atoms with Gasteiger partial charge in [-0.25, -0.2) is 0 Å². The molecule has 6 heteroatoms. The van der Waals surface area contributed by atoms with Crippen LogP contribution in [0.2, 0.25) is 0 Å². The summed E-state index contributed by atoms with van der Waals surface area (Å²) >= 11 is 1.08. The van der Waals surface area contributed by atoms with Crippen molar-refractivity contribution < 1.29 is 14.7 Å². The number of primary amides is 1. The molecule has 0 aliphatic carbocycles. The Morgan fingerprint density at radius 3 is 2.80 bits per heavy atom. The van der Waals surface area contributed by atoms with E-state index in [1.807, 2.05) is 6.92 Å². The zero-order chi connectivity index (χ0) is 11.6. The molecule has 86 valence electrons. The lowest BCUT2D eigenvalue weighted by molar-refractivity contribution is -0.124. The molecule has 1 rings (SSSR count). The second-order valence-corrected chi connectivity index (χ2v) is 4.80. The molecule has 15 heavy (non-hydrogen) atoms. The van der Waals surface area contributed by atoms with Gasteiger partial charge in [0, 0.05) is 0 Å². The third-order valence-corrected chi connectivity index (χ3v) is 3.68. The van der Waals surface area contributed by atoms with Crippen LogP contribution in [-0.4, -0.2) is 38.7 Å². The van der Waals surface area contributed by atoms with E-state index < -0.39 is 18.2 Å². The maximum Gasteiger partial charge on any atom is 0.284 e. The zero-order valence-corrected chi connectivity index (χ0v) is 9.66. The number of aliphatic hydroxyl groups excluding tert-OH is 1. The Morgan fingerprint density at radius 1 is 1.73 bits per heavy atom. The zero-order valence-electron chi connectivity index (χ0n) is 8.84. The number of hydrogen-bond donors (Lipinski definition) is 2. The highest BCUT2D eigenvalue weighted by atomic mass is 32.2. The fourth-order valence-electron chi connectivity index (χ4n) is 1.56. The standard InChI is InChI=1S/C9H16N2O3S/c1-3-4-6-8(13)11(9(14)15-6)5(2)7(10)12/h5-6,8,13H,3-4H2,1-2H3,(H2,10,12). The largest absolute Gasteiger partial charge is 0.372 e. The van der Waals surface area contributed by atoms with Crippen molar-refractivity contribution in [2.24, 2.45) is 5.73 Å². The summed E-state index contributed by atoms with van der Waals surface area (Å²) < 4.78 is 0. The molecule has 0 aromatic rings. The molecule has 3 N–H and O–H groups in total. The first-order valence-corrected chi connectivity index (χ1v) is 5.83. The van der Waals surface area contributed by atoms with Crippen LogP contribution in [0.1, 0.15) is 26.7 Å². The summed E-state index contributed by atoms with van der Waals surface area (Å²) in [6.07, 6.45) is 0.741. The van der Waals surface area contributed by atoms with Gasteiger partial charge in [0.05, 0.1) is 5.25 Å². The summed E-state index contributed by atoms with van der Waals surface area (Å²) in [6, 6.07) is -0.748. The van der Waals surface area contributed by atoms with E-state index in [4.69, 9.17) is 5.73 Å². The molecule has 0 bridgehead atoms. The minimum Gasteiger partial charge on any atom is -0.372 e. The average Bonchev–Trinajstić information content (AvgIpc) is 2.42. The lowest BCUT2D eigenvalue weighted by Crippen LogP contribution is -2.48. The quantitative estimate of drug-likeness (QED) is 0.740. The first-order valence-electron chi connectivity index (χ1n) is 4.95. The van der Waals surface area contributed by atoms with Crippen LogP contribution in [0.4, 0.5) is 4.79 Å². The van der Waals surface area contributed by atoms with Crippen LogP contribution in [0.3, 0.4) is 0 Å². The second kappa shape index (κ2) is 4.85. The second-order valence-electron chi connectivity index (χ2n) is 3.61. The predicted octanol–water partition coefficient (Wildman–Crippen LogP) is 0.516. The van der Waals surface area contributed by atoms with E-state index in [0.29, 0.717) is 0 Å². The molecule has 2 amide bonds. The topological polar surface area (TPSA) is 83.6 Å². The third kappa shape index (κ3) is 2.43. The van der Waals surface area contributed by atoms with Crippen molar-refractivity contribution in [1.82, 2.24) is 4.90 Å². The van der Waals surface area contributed by atoms with Crippen molar-refractivity contribution in [3.63, 3.8) is 0 Å². The molecule has 0 spiro atoms. The molecule has 3 unspecified atom stereocenters. The highest BCUT2D eigenvalue weighted by Gasteiger charge is 2.42. The van der Waals surface area contributed by atoms with Crippen molar-refractivity contribution in [3.8, 4) is 0 Å². The summed E-state index contributed by atoms with van der Waals surface area (Å²) in [5.74, 6) is -0.597. The summed E-state index contributed by atoms with van der Waals surface area (Å²) in [7, 11) is 0. The van der Waals surface area contributed by atoms with E-state index in [0.717, 1.165) is 29.5 Å². The Labute approximate surface area is 93.0 Å². The van der Waals surface area contributed by atoms with Crippen molar-refractivity contribution in [2.45, 2.75) is 44.2 Å². The Morgan fingerprint density at radius 2 is 2.33 bits per heavy atom. The van der Waals surface area contributed by atoms with Gasteiger partial charge in [-0.05, 0) is 13.3 Å². The van der Waals surface area contributed by atoms with Gasteiger partial charge in [-0.1, -0.05) is 25.1 Å². The van der Waals surface area contributed by atoms with Gasteiger partial charge in [-0.2, -0.15) is 0 Å². The van der Waals surface area contributed by atoms with Crippen LogP contribution in [0.25, 0.3) is 0 Å².